The second-order valence-electron chi connectivity index (χ2n) is 4.51. The molecule has 0 amide bonds. The highest BCUT2D eigenvalue weighted by Gasteiger charge is 2.19. The minimum atomic E-state index is -1.21. The largest absolute Gasteiger partial charge is 0.481 e. The fourth-order valence-electron chi connectivity index (χ4n) is 1.40. The summed E-state index contributed by atoms with van der Waals surface area (Å²) in [6, 6.07) is 0. The van der Waals surface area contributed by atoms with Gasteiger partial charge in [0, 0.05) is 6.08 Å². The lowest BCUT2D eigenvalue weighted by molar-refractivity contribution is -0.140. The van der Waals surface area contributed by atoms with Gasteiger partial charge in [0.1, 0.15) is 0 Å². The van der Waals surface area contributed by atoms with Crippen molar-refractivity contribution in [2.45, 2.75) is 52.6 Å². The van der Waals surface area contributed by atoms with Crippen molar-refractivity contribution in [1.29, 1.82) is 0 Å². The van der Waals surface area contributed by atoms with Gasteiger partial charge in [-0.2, -0.15) is 0 Å². The standard InChI is InChI=1S/C7H12O3.C7H12O2/c1-3-4-7(2,10)5-6(8)9;1-3-4-6(2)5-7(8)9/h3-4,10H,5H2,1-2H3,(H,8,9);5H,3-4H2,1-2H3,(H,8,9). The number of aliphatic carboxylic acids is 2. The molecule has 19 heavy (non-hydrogen) atoms. The van der Waals surface area contributed by atoms with Crippen molar-refractivity contribution in [2.75, 3.05) is 0 Å². The fourth-order valence-corrected chi connectivity index (χ4v) is 1.40. The molecule has 0 aliphatic carbocycles. The van der Waals surface area contributed by atoms with Crippen molar-refractivity contribution >= 4 is 11.9 Å². The van der Waals surface area contributed by atoms with E-state index in [0.29, 0.717) is 0 Å². The lowest BCUT2D eigenvalue weighted by Crippen LogP contribution is -2.24. The van der Waals surface area contributed by atoms with E-state index in [1.54, 1.807) is 13.0 Å². The molecule has 0 heterocycles. The van der Waals surface area contributed by atoms with E-state index < -0.39 is 17.5 Å². The first-order valence-corrected chi connectivity index (χ1v) is 6.12. The first-order valence-electron chi connectivity index (χ1n) is 6.12. The van der Waals surface area contributed by atoms with Gasteiger partial charge in [0.25, 0.3) is 0 Å². The minimum Gasteiger partial charge on any atom is -0.481 e. The molecule has 110 valence electrons. The topological polar surface area (TPSA) is 94.8 Å². The summed E-state index contributed by atoms with van der Waals surface area (Å²) in [7, 11) is 0. The maximum absolute atomic E-state index is 10.1. The molecular formula is C14H24O5. The molecular weight excluding hydrogens is 248 g/mol. The highest BCUT2D eigenvalue weighted by molar-refractivity contribution is 5.80. The summed E-state index contributed by atoms with van der Waals surface area (Å²) in [5.41, 5.74) is -0.273. The number of carbonyl (C=O) groups is 2. The van der Waals surface area contributed by atoms with Crippen LogP contribution in [0.5, 0.6) is 0 Å². The van der Waals surface area contributed by atoms with Crippen LogP contribution in [0.25, 0.3) is 0 Å². The molecule has 0 aliphatic heterocycles. The Morgan fingerprint density at radius 3 is 2.11 bits per heavy atom. The number of hydrogen-bond donors (Lipinski definition) is 3. The van der Waals surface area contributed by atoms with Gasteiger partial charge in [-0.25, -0.2) is 4.79 Å². The molecule has 0 saturated carbocycles. The van der Waals surface area contributed by atoms with Crippen LogP contribution in [0.1, 0.15) is 47.0 Å². The number of hydrogen-bond acceptors (Lipinski definition) is 3. The van der Waals surface area contributed by atoms with Gasteiger partial charge in [-0.15, -0.1) is 0 Å². The Bertz CT molecular complexity index is 340. The minimum absolute atomic E-state index is 0.253. The second kappa shape index (κ2) is 10.3. The average Bonchev–Trinajstić information content (AvgIpc) is 2.14. The molecule has 3 N–H and O–H groups in total. The second-order valence-corrected chi connectivity index (χ2v) is 4.51. The van der Waals surface area contributed by atoms with Crippen molar-refractivity contribution in [2.24, 2.45) is 0 Å². The third kappa shape index (κ3) is 16.4. The van der Waals surface area contributed by atoms with E-state index in [2.05, 4.69) is 0 Å². The monoisotopic (exact) mass is 272 g/mol. The molecule has 0 saturated heterocycles. The summed E-state index contributed by atoms with van der Waals surface area (Å²) >= 11 is 0. The maximum atomic E-state index is 10.1. The SMILES string of the molecule is CC=CC(C)(O)CC(=O)O.CCCC(C)=CC(=O)O. The molecule has 5 nitrogen and oxygen atoms in total. The van der Waals surface area contributed by atoms with Gasteiger partial charge in [-0.1, -0.05) is 31.1 Å². The molecule has 5 heteroatoms. The molecule has 0 aromatic rings. The number of carboxylic acid groups (broad SMARTS) is 2. The molecule has 0 aromatic heterocycles. The van der Waals surface area contributed by atoms with E-state index in [-0.39, 0.29) is 6.42 Å². The first-order chi connectivity index (χ1) is 8.64. The predicted molar refractivity (Wildman–Crippen MR) is 74.0 cm³/mol. The van der Waals surface area contributed by atoms with Crippen LogP contribution in [0.2, 0.25) is 0 Å². The molecule has 0 radical (unpaired) electrons. The van der Waals surface area contributed by atoms with Gasteiger partial charge < -0.3 is 15.3 Å². The molecule has 0 rings (SSSR count). The Morgan fingerprint density at radius 1 is 1.26 bits per heavy atom. The van der Waals surface area contributed by atoms with Crippen molar-refractivity contribution in [3.8, 4) is 0 Å². The highest BCUT2D eigenvalue weighted by Crippen LogP contribution is 2.10. The van der Waals surface area contributed by atoms with E-state index in [9.17, 15) is 14.7 Å². The quantitative estimate of drug-likeness (QED) is 0.510. The van der Waals surface area contributed by atoms with Crippen molar-refractivity contribution < 1.29 is 24.9 Å². The van der Waals surface area contributed by atoms with Gasteiger partial charge >= 0.3 is 11.9 Å². The van der Waals surface area contributed by atoms with E-state index in [4.69, 9.17) is 10.2 Å². The third-order valence-electron chi connectivity index (χ3n) is 2.05. The molecule has 0 aromatic carbocycles. The Morgan fingerprint density at radius 2 is 1.79 bits per heavy atom. The van der Waals surface area contributed by atoms with E-state index >= 15 is 0 Å². The normalized spacial score (nSPS) is 14.5. The van der Waals surface area contributed by atoms with Crippen LogP contribution >= 0.6 is 0 Å². The van der Waals surface area contributed by atoms with Crippen molar-refractivity contribution in [3.05, 3.63) is 23.8 Å². The lowest BCUT2D eigenvalue weighted by Gasteiger charge is -2.14. The average molecular weight is 272 g/mol. The zero-order chi connectivity index (χ0) is 15.5. The smallest absolute Gasteiger partial charge is 0.328 e. The molecule has 0 bridgehead atoms. The van der Waals surface area contributed by atoms with E-state index in [1.807, 2.05) is 13.8 Å². The Hall–Kier alpha value is -1.62. The number of carboxylic acids is 2. The predicted octanol–water partition coefficient (Wildman–Crippen LogP) is 2.61. The summed E-state index contributed by atoms with van der Waals surface area (Å²) in [4.78, 5) is 20.1. The zero-order valence-electron chi connectivity index (χ0n) is 12.0. The molecule has 1 atom stereocenters. The summed E-state index contributed by atoms with van der Waals surface area (Å²) < 4.78 is 0. The fraction of sp³-hybridized carbons (Fsp3) is 0.571. The maximum Gasteiger partial charge on any atom is 0.328 e. The molecule has 0 aliphatic rings. The molecule has 1 unspecified atom stereocenters. The number of rotatable bonds is 6. The first kappa shape index (κ1) is 19.7. The van der Waals surface area contributed by atoms with Crippen molar-refractivity contribution in [3.63, 3.8) is 0 Å². The summed E-state index contributed by atoms with van der Waals surface area (Å²) in [5, 5.41) is 25.7. The van der Waals surface area contributed by atoms with Gasteiger partial charge in [-0.05, 0) is 27.2 Å². The van der Waals surface area contributed by atoms with Gasteiger partial charge in [0.2, 0.25) is 0 Å². The lowest BCUT2D eigenvalue weighted by atomic mass is 10.0. The van der Waals surface area contributed by atoms with Gasteiger partial charge in [0.15, 0.2) is 0 Å². The van der Waals surface area contributed by atoms with Crippen LogP contribution in [0.3, 0.4) is 0 Å². The third-order valence-corrected chi connectivity index (χ3v) is 2.05. The van der Waals surface area contributed by atoms with Gasteiger partial charge in [0.05, 0.1) is 12.0 Å². The Labute approximate surface area is 114 Å². The summed E-state index contributed by atoms with van der Waals surface area (Å²) in [6.45, 7) is 7.05. The van der Waals surface area contributed by atoms with Crippen LogP contribution in [0.4, 0.5) is 0 Å². The van der Waals surface area contributed by atoms with E-state index in [1.165, 1.54) is 19.1 Å². The van der Waals surface area contributed by atoms with Gasteiger partial charge in [-0.3, -0.25) is 4.79 Å². The van der Waals surface area contributed by atoms with E-state index in [0.717, 1.165) is 18.4 Å². The van der Waals surface area contributed by atoms with Crippen LogP contribution < -0.4 is 0 Å². The summed E-state index contributed by atoms with van der Waals surface area (Å²) in [6.07, 6.45) is 5.98. The zero-order valence-corrected chi connectivity index (χ0v) is 12.0. The Kier molecular flexibility index (Phi) is 10.7. The summed E-state index contributed by atoms with van der Waals surface area (Å²) in [5.74, 6) is -1.84. The van der Waals surface area contributed by atoms with Crippen LogP contribution in [0.15, 0.2) is 23.8 Å². The van der Waals surface area contributed by atoms with Crippen LogP contribution in [0, 0.1) is 0 Å². The highest BCUT2D eigenvalue weighted by atomic mass is 16.4. The van der Waals surface area contributed by atoms with Crippen LogP contribution in [-0.2, 0) is 9.59 Å². The number of allylic oxidation sites excluding steroid dienone is 2. The molecule has 0 fully saturated rings. The Balaban J connectivity index is 0. The number of aliphatic hydroxyl groups is 1. The molecule has 0 spiro atoms. The van der Waals surface area contributed by atoms with Crippen molar-refractivity contribution in [1.82, 2.24) is 0 Å². The van der Waals surface area contributed by atoms with Crippen LogP contribution in [-0.4, -0.2) is 32.9 Å².